The van der Waals surface area contributed by atoms with Gasteiger partial charge in [0.05, 0.1) is 4.88 Å². The van der Waals surface area contributed by atoms with Crippen molar-refractivity contribution in [3.63, 3.8) is 0 Å². The standard InChI is InChI=1S/C19H15NO3S2/c21-18-16(25-19(22)20-18)10-13-6-7-15(14-8-9-24-17(13)14)23-11-12-4-2-1-3-5-12/h1-9,21H,10-11H2,(H,20,22). The molecule has 0 bridgehead atoms. The molecule has 2 heterocycles. The number of rotatable bonds is 5. The lowest BCUT2D eigenvalue weighted by Gasteiger charge is -2.10. The Balaban J connectivity index is 1.62. The maximum atomic E-state index is 11.4. The van der Waals surface area contributed by atoms with Gasteiger partial charge in [0.25, 0.3) is 0 Å². The molecule has 4 rings (SSSR count). The Morgan fingerprint density at radius 1 is 1.08 bits per heavy atom. The Morgan fingerprint density at radius 2 is 1.92 bits per heavy atom. The summed E-state index contributed by atoms with van der Waals surface area (Å²) in [6.45, 7) is 0.519. The van der Waals surface area contributed by atoms with Crippen LogP contribution in [0.5, 0.6) is 11.6 Å². The molecule has 4 aromatic rings. The van der Waals surface area contributed by atoms with Crippen LogP contribution in [-0.4, -0.2) is 10.1 Å². The molecule has 0 atom stereocenters. The minimum Gasteiger partial charge on any atom is -0.494 e. The summed E-state index contributed by atoms with van der Waals surface area (Å²) >= 11 is 2.68. The molecule has 0 spiro atoms. The van der Waals surface area contributed by atoms with Gasteiger partial charge < -0.3 is 9.84 Å². The van der Waals surface area contributed by atoms with Crippen molar-refractivity contribution in [2.24, 2.45) is 0 Å². The average molecular weight is 369 g/mol. The third-order valence-corrected chi connectivity index (χ3v) is 5.81. The van der Waals surface area contributed by atoms with E-state index in [4.69, 9.17) is 4.74 Å². The molecule has 4 nitrogen and oxygen atoms in total. The van der Waals surface area contributed by atoms with Crippen molar-refractivity contribution in [2.75, 3.05) is 0 Å². The minimum absolute atomic E-state index is 0.0379. The van der Waals surface area contributed by atoms with E-state index >= 15 is 0 Å². The second-order valence-corrected chi connectivity index (χ2v) is 7.61. The van der Waals surface area contributed by atoms with Crippen LogP contribution in [0.3, 0.4) is 0 Å². The van der Waals surface area contributed by atoms with Crippen LogP contribution in [0.15, 0.2) is 58.7 Å². The first-order valence-corrected chi connectivity index (χ1v) is 9.47. The number of H-pyrrole nitrogens is 1. The molecule has 2 N–H and O–H groups in total. The first kappa shape index (κ1) is 15.9. The summed E-state index contributed by atoms with van der Waals surface area (Å²) in [4.78, 5) is 14.2. The predicted octanol–water partition coefficient (Wildman–Crippen LogP) is 4.53. The highest BCUT2D eigenvalue weighted by Crippen LogP contribution is 2.35. The van der Waals surface area contributed by atoms with Crippen molar-refractivity contribution in [1.29, 1.82) is 0 Å². The van der Waals surface area contributed by atoms with Crippen molar-refractivity contribution >= 4 is 32.8 Å². The zero-order valence-corrected chi connectivity index (χ0v) is 14.8. The number of fused-ring (bicyclic) bond motifs is 1. The Labute approximate surface area is 152 Å². The van der Waals surface area contributed by atoms with E-state index in [2.05, 4.69) is 4.98 Å². The molecule has 2 aromatic carbocycles. The van der Waals surface area contributed by atoms with Crippen LogP contribution < -0.4 is 9.61 Å². The van der Waals surface area contributed by atoms with Crippen molar-refractivity contribution in [3.05, 3.63) is 79.6 Å². The smallest absolute Gasteiger partial charge is 0.307 e. The van der Waals surface area contributed by atoms with Crippen LogP contribution in [0.2, 0.25) is 0 Å². The molecule has 2 aromatic heterocycles. The number of hydrogen-bond donors (Lipinski definition) is 2. The summed E-state index contributed by atoms with van der Waals surface area (Å²) in [5.74, 6) is 0.805. The number of ether oxygens (including phenoxy) is 1. The molecule has 0 aliphatic rings. The van der Waals surface area contributed by atoms with E-state index in [1.165, 1.54) is 0 Å². The van der Waals surface area contributed by atoms with Crippen LogP contribution in [0.4, 0.5) is 0 Å². The second-order valence-electron chi connectivity index (χ2n) is 5.62. The first-order chi connectivity index (χ1) is 12.2. The van der Waals surface area contributed by atoms with Gasteiger partial charge >= 0.3 is 4.87 Å². The fourth-order valence-corrected chi connectivity index (χ4v) is 4.41. The van der Waals surface area contributed by atoms with Gasteiger partial charge in [-0.1, -0.05) is 47.7 Å². The van der Waals surface area contributed by atoms with Crippen molar-refractivity contribution in [1.82, 2.24) is 4.98 Å². The SMILES string of the molecule is O=c1[nH]c(O)c(Cc2ccc(OCc3ccccc3)c3ccsc23)s1. The van der Waals surface area contributed by atoms with Crippen LogP contribution in [0.1, 0.15) is 16.0 Å². The fraction of sp³-hybridized carbons (Fsp3) is 0.105. The second kappa shape index (κ2) is 6.74. The summed E-state index contributed by atoms with van der Waals surface area (Å²) < 4.78 is 7.12. The average Bonchev–Trinajstić information content (AvgIpc) is 3.22. The summed E-state index contributed by atoms with van der Waals surface area (Å²) in [5, 5.41) is 12.9. The number of thiazole rings is 1. The van der Waals surface area contributed by atoms with Crippen LogP contribution in [0, 0.1) is 0 Å². The van der Waals surface area contributed by atoms with Gasteiger partial charge in [-0.3, -0.25) is 9.78 Å². The zero-order chi connectivity index (χ0) is 17.2. The summed E-state index contributed by atoms with van der Waals surface area (Å²) in [7, 11) is 0. The van der Waals surface area contributed by atoms with Gasteiger partial charge in [0.15, 0.2) is 0 Å². The highest BCUT2D eigenvalue weighted by Gasteiger charge is 2.13. The molecule has 6 heteroatoms. The quantitative estimate of drug-likeness (QED) is 0.543. The van der Waals surface area contributed by atoms with E-state index in [1.54, 1.807) is 11.3 Å². The van der Waals surface area contributed by atoms with Crippen LogP contribution >= 0.6 is 22.7 Å². The van der Waals surface area contributed by atoms with E-state index in [1.807, 2.05) is 53.9 Å². The van der Waals surface area contributed by atoms with Crippen molar-refractivity contribution < 1.29 is 9.84 Å². The number of hydrogen-bond acceptors (Lipinski definition) is 5. The molecular formula is C19H15NO3S2. The van der Waals surface area contributed by atoms with E-state index in [0.717, 1.165) is 38.3 Å². The maximum absolute atomic E-state index is 11.4. The zero-order valence-electron chi connectivity index (χ0n) is 13.2. The third kappa shape index (κ3) is 3.31. The number of thiophene rings is 1. The Bertz CT molecular complexity index is 1060. The highest BCUT2D eigenvalue weighted by atomic mass is 32.1. The Kier molecular flexibility index (Phi) is 4.29. The van der Waals surface area contributed by atoms with Crippen LogP contribution in [-0.2, 0) is 13.0 Å². The Hall–Kier alpha value is -2.57. The largest absolute Gasteiger partial charge is 0.494 e. The number of aromatic nitrogens is 1. The van der Waals surface area contributed by atoms with Gasteiger partial charge in [0.2, 0.25) is 5.88 Å². The van der Waals surface area contributed by atoms with Crippen LogP contribution in [0.25, 0.3) is 10.1 Å². The third-order valence-electron chi connectivity index (χ3n) is 3.95. The van der Waals surface area contributed by atoms with Gasteiger partial charge in [0, 0.05) is 16.5 Å². The molecule has 25 heavy (non-hydrogen) atoms. The van der Waals surface area contributed by atoms with E-state index < -0.39 is 0 Å². The monoisotopic (exact) mass is 369 g/mol. The van der Waals surface area contributed by atoms with E-state index in [9.17, 15) is 9.90 Å². The molecule has 0 saturated heterocycles. The molecular weight excluding hydrogens is 354 g/mol. The molecule has 0 unspecified atom stereocenters. The summed E-state index contributed by atoms with van der Waals surface area (Å²) in [5.41, 5.74) is 2.19. The van der Waals surface area contributed by atoms with Gasteiger partial charge in [-0.15, -0.1) is 11.3 Å². The van der Waals surface area contributed by atoms with Crippen molar-refractivity contribution in [2.45, 2.75) is 13.0 Å². The Morgan fingerprint density at radius 3 is 2.68 bits per heavy atom. The number of aromatic amines is 1. The molecule has 0 fully saturated rings. The molecule has 0 aliphatic heterocycles. The molecule has 0 amide bonds. The number of aromatic hydroxyl groups is 1. The highest BCUT2D eigenvalue weighted by molar-refractivity contribution is 7.17. The predicted molar refractivity (Wildman–Crippen MR) is 102 cm³/mol. The molecule has 0 saturated carbocycles. The lowest BCUT2D eigenvalue weighted by molar-refractivity contribution is 0.310. The van der Waals surface area contributed by atoms with E-state index in [-0.39, 0.29) is 10.8 Å². The number of nitrogens with one attached hydrogen (secondary N) is 1. The van der Waals surface area contributed by atoms with Gasteiger partial charge in [-0.2, -0.15) is 0 Å². The lowest BCUT2D eigenvalue weighted by Crippen LogP contribution is -1.96. The van der Waals surface area contributed by atoms with E-state index in [0.29, 0.717) is 17.9 Å². The lowest BCUT2D eigenvalue weighted by atomic mass is 10.1. The normalized spacial score (nSPS) is 11.0. The van der Waals surface area contributed by atoms with Gasteiger partial charge in [0.1, 0.15) is 12.4 Å². The first-order valence-electron chi connectivity index (χ1n) is 7.77. The molecule has 126 valence electrons. The summed E-state index contributed by atoms with van der Waals surface area (Å²) in [6, 6.07) is 16.1. The van der Waals surface area contributed by atoms with Gasteiger partial charge in [-0.05, 0) is 28.6 Å². The minimum atomic E-state index is -0.238. The van der Waals surface area contributed by atoms with Gasteiger partial charge in [-0.25, -0.2) is 0 Å². The summed E-state index contributed by atoms with van der Waals surface area (Å²) in [6.07, 6.45) is 0.519. The van der Waals surface area contributed by atoms with Crippen molar-refractivity contribution in [3.8, 4) is 11.6 Å². The molecule has 0 aliphatic carbocycles. The fourth-order valence-electron chi connectivity index (χ4n) is 2.74. The topological polar surface area (TPSA) is 62.3 Å². The molecule has 0 radical (unpaired) electrons. The number of benzene rings is 2. The maximum Gasteiger partial charge on any atom is 0.307 e.